The molecule has 1 aromatic rings. The normalized spacial score (nSPS) is 11.5. The zero-order valence-corrected chi connectivity index (χ0v) is 12.0. The van der Waals surface area contributed by atoms with Crippen LogP contribution in [-0.4, -0.2) is 20.0 Å². The molecule has 0 unspecified atom stereocenters. The average molecular weight is 268 g/mol. The van der Waals surface area contributed by atoms with Gasteiger partial charge in [-0.25, -0.2) is 8.42 Å². The molecule has 0 fully saturated rings. The third-order valence-corrected chi connectivity index (χ3v) is 4.88. The molecule has 0 aliphatic rings. The van der Waals surface area contributed by atoms with E-state index in [1.165, 1.54) is 0 Å². The summed E-state index contributed by atoms with van der Waals surface area (Å²) in [6.07, 6.45) is 1.23. The zero-order valence-electron chi connectivity index (χ0n) is 11.2. The van der Waals surface area contributed by atoms with E-state index in [4.69, 9.17) is 0 Å². The number of carbonyl (C=O) groups is 1. The molecule has 0 N–H and O–H groups in total. The van der Waals surface area contributed by atoms with Gasteiger partial charge in [0.15, 0.2) is 9.84 Å². The lowest BCUT2D eigenvalue weighted by Crippen LogP contribution is -2.10. The number of benzene rings is 1. The van der Waals surface area contributed by atoms with Crippen molar-refractivity contribution >= 4 is 15.6 Å². The smallest absolute Gasteiger partial charge is 0.178 e. The van der Waals surface area contributed by atoms with Gasteiger partial charge in [-0.15, -0.1) is 0 Å². The van der Waals surface area contributed by atoms with Gasteiger partial charge in [-0.1, -0.05) is 19.1 Å². The third-order valence-electron chi connectivity index (χ3n) is 2.94. The predicted octanol–water partition coefficient (Wildman–Crippen LogP) is 2.84. The Hall–Kier alpha value is -1.16. The quantitative estimate of drug-likeness (QED) is 0.797. The maximum absolute atomic E-state index is 12.2. The second-order valence-corrected chi connectivity index (χ2v) is 6.66. The maximum Gasteiger partial charge on any atom is 0.178 e. The SMILES string of the molecule is CCC(=O)CCCS(=O)(=O)c1cc(C)ccc1C. The van der Waals surface area contributed by atoms with Crippen LogP contribution in [0.25, 0.3) is 0 Å². The topological polar surface area (TPSA) is 51.2 Å². The van der Waals surface area contributed by atoms with Crippen molar-refractivity contribution in [2.24, 2.45) is 0 Å². The van der Waals surface area contributed by atoms with Gasteiger partial charge in [0.2, 0.25) is 0 Å². The highest BCUT2D eigenvalue weighted by Crippen LogP contribution is 2.19. The Morgan fingerprint density at radius 1 is 1.22 bits per heavy atom. The van der Waals surface area contributed by atoms with E-state index in [0.29, 0.717) is 24.2 Å². The standard InChI is InChI=1S/C14H20O3S/c1-4-13(15)6-5-9-18(16,17)14-10-11(2)7-8-12(14)3/h7-8,10H,4-6,9H2,1-3H3. The Balaban J connectivity index is 2.80. The molecule has 0 atom stereocenters. The molecular weight excluding hydrogens is 248 g/mol. The molecule has 4 heteroatoms. The van der Waals surface area contributed by atoms with Gasteiger partial charge in [0.25, 0.3) is 0 Å². The zero-order chi connectivity index (χ0) is 13.8. The first-order valence-electron chi connectivity index (χ1n) is 6.18. The summed E-state index contributed by atoms with van der Waals surface area (Å²) in [6.45, 7) is 5.46. The lowest BCUT2D eigenvalue weighted by molar-refractivity contribution is -0.118. The van der Waals surface area contributed by atoms with E-state index in [9.17, 15) is 13.2 Å². The van der Waals surface area contributed by atoms with Gasteiger partial charge < -0.3 is 0 Å². The summed E-state index contributed by atoms with van der Waals surface area (Å²) in [5.74, 6) is 0.161. The summed E-state index contributed by atoms with van der Waals surface area (Å²) in [5, 5.41) is 0. The monoisotopic (exact) mass is 268 g/mol. The van der Waals surface area contributed by atoms with Crippen molar-refractivity contribution in [2.45, 2.75) is 44.9 Å². The van der Waals surface area contributed by atoms with Crippen LogP contribution in [-0.2, 0) is 14.6 Å². The molecule has 0 saturated heterocycles. The second-order valence-electron chi connectivity index (χ2n) is 4.58. The minimum absolute atomic E-state index is 0.0447. The van der Waals surface area contributed by atoms with Crippen molar-refractivity contribution in [2.75, 3.05) is 5.75 Å². The number of sulfone groups is 1. The highest BCUT2D eigenvalue weighted by atomic mass is 32.2. The molecule has 0 amide bonds. The Morgan fingerprint density at radius 3 is 2.50 bits per heavy atom. The first-order valence-corrected chi connectivity index (χ1v) is 7.83. The number of rotatable bonds is 6. The van der Waals surface area contributed by atoms with Crippen LogP contribution < -0.4 is 0 Å². The molecule has 0 bridgehead atoms. The molecule has 3 nitrogen and oxygen atoms in total. The van der Waals surface area contributed by atoms with Crippen molar-refractivity contribution in [3.8, 4) is 0 Å². The van der Waals surface area contributed by atoms with Gasteiger partial charge in [-0.2, -0.15) is 0 Å². The van der Waals surface area contributed by atoms with E-state index in [1.807, 2.05) is 19.1 Å². The van der Waals surface area contributed by atoms with Gasteiger partial charge in [0.1, 0.15) is 5.78 Å². The number of hydrogen-bond donors (Lipinski definition) is 0. The summed E-state index contributed by atoms with van der Waals surface area (Å²) in [7, 11) is -3.27. The average Bonchev–Trinajstić information content (AvgIpc) is 2.31. The first-order chi connectivity index (χ1) is 8.36. The van der Waals surface area contributed by atoms with Crippen LogP contribution in [0.5, 0.6) is 0 Å². The molecule has 0 aromatic heterocycles. The van der Waals surface area contributed by atoms with Gasteiger partial charge in [0, 0.05) is 12.8 Å². The van der Waals surface area contributed by atoms with Crippen LogP contribution in [0.4, 0.5) is 0 Å². The highest BCUT2D eigenvalue weighted by molar-refractivity contribution is 7.91. The van der Waals surface area contributed by atoms with Gasteiger partial charge in [-0.3, -0.25) is 4.79 Å². The summed E-state index contributed by atoms with van der Waals surface area (Å²) in [6, 6.07) is 5.42. The van der Waals surface area contributed by atoms with E-state index in [1.54, 1.807) is 19.9 Å². The van der Waals surface area contributed by atoms with E-state index in [2.05, 4.69) is 0 Å². The highest BCUT2D eigenvalue weighted by Gasteiger charge is 2.17. The first kappa shape index (κ1) is 14.9. The molecule has 1 aromatic carbocycles. The van der Waals surface area contributed by atoms with Crippen LogP contribution >= 0.6 is 0 Å². The minimum atomic E-state index is -3.27. The van der Waals surface area contributed by atoms with Crippen LogP contribution in [0.2, 0.25) is 0 Å². The Morgan fingerprint density at radius 2 is 1.89 bits per heavy atom. The number of Topliss-reactive ketones (excluding diaryl/α,β-unsaturated/α-hetero) is 1. The molecule has 0 aliphatic heterocycles. The van der Waals surface area contributed by atoms with Gasteiger partial charge in [-0.05, 0) is 37.5 Å². The van der Waals surface area contributed by atoms with E-state index in [0.717, 1.165) is 11.1 Å². The molecule has 0 aliphatic carbocycles. The summed E-state index contributed by atoms with van der Waals surface area (Å²) < 4.78 is 24.3. The van der Waals surface area contributed by atoms with Crippen molar-refractivity contribution in [1.82, 2.24) is 0 Å². The largest absolute Gasteiger partial charge is 0.300 e. The Bertz CT molecular complexity index is 530. The molecular formula is C14H20O3S. The maximum atomic E-state index is 12.2. The summed E-state index contributed by atoms with van der Waals surface area (Å²) in [4.78, 5) is 11.6. The Kier molecular flexibility index (Phi) is 5.08. The van der Waals surface area contributed by atoms with Gasteiger partial charge >= 0.3 is 0 Å². The second kappa shape index (κ2) is 6.14. The number of carbonyl (C=O) groups excluding carboxylic acids is 1. The van der Waals surface area contributed by atoms with E-state index < -0.39 is 9.84 Å². The third kappa shape index (κ3) is 3.95. The van der Waals surface area contributed by atoms with Crippen LogP contribution in [0, 0.1) is 13.8 Å². The molecule has 0 saturated carbocycles. The lowest BCUT2D eigenvalue weighted by atomic mass is 10.2. The molecule has 0 radical (unpaired) electrons. The fourth-order valence-electron chi connectivity index (χ4n) is 1.79. The summed E-state index contributed by atoms with van der Waals surface area (Å²) >= 11 is 0. The van der Waals surface area contributed by atoms with E-state index in [-0.39, 0.29) is 11.5 Å². The molecule has 100 valence electrons. The fourth-order valence-corrected chi connectivity index (χ4v) is 3.46. The predicted molar refractivity (Wildman–Crippen MR) is 72.5 cm³/mol. The van der Waals surface area contributed by atoms with Crippen molar-refractivity contribution < 1.29 is 13.2 Å². The van der Waals surface area contributed by atoms with Crippen LogP contribution in [0.1, 0.15) is 37.3 Å². The van der Waals surface area contributed by atoms with Crippen LogP contribution in [0.15, 0.2) is 23.1 Å². The van der Waals surface area contributed by atoms with Crippen molar-refractivity contribution in [3.05, 3.63) is 29.3 Å². The van der Waals surface area contributed by atoms with E-state index >= 15 is 0 Å². The number of hydrogen-bond acceptors (Lipinski definition) is 3. The Labute approximate surface area is 109 Å². The fraction of sp³-hybridized carbons (Fsp3) is 0.500. The molecule has 1 rings (SSSR count). The molecule has 0 heterocycles. The van der Waals surface area contributed by atoms with Crippen molar-refractivity contribution in [3.63, 3.8) is 0 Å². The molecule has 18 heavy (non-hydrogen) atoms. The summed E-state index contributed by atoms with van der Waals surface area (Å²) in [5.41, 5.74) is 1.70. The number of ketones is 1. The minimum Gasteiger partial charge on any atom is -0.300 e. The lowest BCUT2D eigenvalue weighted by Gasteiger charge is -2.08. The van der Waals surface area contributed by atoms with Crippen LogP contribution in [0.3, 0.4) is 0 Å². The van der Waals surface area contributed by atoms with Crippen molar-refractivity contribution in [1.29, 1.82) is 0 Å². The number of aryl methyl sites for hydroxylation is 2. The molecule has 0 spiro atoms. The van der Waals surface area contributed by atoms with Gasteiger partial charge in [0.05, 0.1) is 10.6 Å².